The predicted octanol–water partition coefficient (Wildman–Crippen LogP) is 4.63. The van der Waals surface area contributed by atoms with Crippen LogP contribution in [0.4, 0.5) is 0 Å². The average molecular weight is 290 g/mol. The second kappa shape index (κ2) is 5.61. The Morgan fingerprint density at radius 1 is 0.773 bits per heavy atom. The van der Waals surface area contributed by atoms with Crippen LogP contribution in [0.1, 0.15) is 39.1 Å². The first kappa shape index (κ1) is 13.7. The molecule has 3 rings (SSSR count). The summed E-state index contributed by atoms with van der Waals surface area (Å²) in [5.74, 6) is -0.167. The summed E-state index contributed by atoms with van der Waals surface area (Å²) in [5.41, 5.74) is 19.8. The van der Waals surface area contributed by atoms with Gasteiger partial charge in [0.05, 0.1) is 12.1 Å². The monoisotopic (exact) mass is 290 g/mol. The van der Waals surface area contributed by atoms with Gasteiger partial charge >= 0.3 is 0 Å². The summed E-state index contributed by atoms with van der Waals surface area (Å²) in [4.78, 5) is 18.5. The van der Waals surface area contributed by atoms with E-state index >= 15 is 0 Å². The van der Waals surface area contributed by atoms with Gasteiger partial charge in [-0.2, -0.15) is 0 Å². The molecule has 1 aliphatic carbocycles. The van der Waals surface area contributed by atoms with Gasteiger partial charge in [-0.05, 0) is 22.2 Å². The highest BCUT2D eigenvalue weighted by molar-refractivity contribution is 6.11. The van der Waals surface area contributed by atoms with Crippen molar-refractivity contribution in [2.24, 2.45) is 10.2 Å². The molecule has 0 aliphatic heterocycles. The third-order valence-electron chi connectivity index (χ3n) is 3.70. The van der Waals surface area contributed by atoms with E-state index in [2.05, 4.69) is 20.1 Å². The number of fused-ring (bicyclic) bond motifs is 2. The van der Waals surface area contributed by atoms with Gasteiger partial charge in [-0.15, -0.1) is 0 Å². The van der Waals surface area contributed by atoms with Gasteiger partial charge in [-0.1, -0.05) is 58.8 Å². The molecule has 2 aromatic carbocycles. The van der Waals surface area contributed by atoms with Crippen molar-refractivity contribution in [1.29, 1.82) is 0 Å². The number of hydrogen-bond donors (Lipinski definition) is 0. The van der Waals surface area contributed by atoms with Crippen LogP contribution in [0.2, 0.25) is 0 Å². The Kier molecular flexibility index (Phi) is 3.50. The minimum Gasteiger partial charge on any atom is -0.289 e. The molecule has 22 heavy (non-hydrogen) atoms. The van der Waals surface area contributed by atoms with Crippen molar-refractivity contribution < 1.29 is 4.79 Å². The molecular weight excluding hydrogens is 280 g/mol. The van der Waals surface area contributed by atoms with E-state index in [0.29, 0.717) is 22.3 Å². The number of azide groups is 2. The fraction of sp³-hybridized carbons (Fsp3) is 0.133. The fourth-order valence-corrected chi connectivity index (χ4v) is 2.77. The number of ketones is 1. The molecule has 0 aromatic heterocycles. The van der Waals surface area contributed by atoms with E-state index in [0.717, 1.165) is 0 Å². The molecule has 0 spiro atoms. The molecule has 0 saturated carbocycles. The Morgan fingerprint density at radius 3 is 1.59 bits per heavy atom. The van der Waals surface area contributed by atoms with E-state index in [9.17, 15) is 4.79 Å². The highest BCUT2D eigenvalue weighted by atomic mass is 16.1. The van der Waals surface area contributed by atoms with Crippen LogP contribution in [0.25, 0.3) is 20.9 Å². The van der Waals surface area contributed by atoms with E-state index in [1.165, 1.54) is 0 Å². The SMILES string of the molecule is [N-]=[N+]=NC1c2ccccc2C(=O)c2ccccc2[C@@H]1N=[N+]=[N-]. The number of carbonyl (C=O) groups is 1. The van der Waals surface area contributed by atoms with Crippen LogP contribution in [0.15, 0.2) is 58.8 Å². The van der Waals surface area contributed by atoms with Crippen LogP contribution >= 0.6 is 0 Å². The largest absolute Gasteiger partial charge is 0.289 e. The van der Waals surface area contributed by atoms with E-state index in [4.69, 9.17) is 11.1 Å². The van der Waals surface area contributed by atoms with Gasteiger partial charge in [0, 0.05) is 21.0 Å². The number of nitrogens with zero attached hydrogens (tertiary/aromatic N) is 6. The minimum absolute atomic E-state index is 0.167. The van der Waals surface area contributed by atoms with Crippen molar-refractivity contribution in [3.63, 3.8) is 0 Å². The number of carbonyl (C=O) groups excluding carboxylic acids is 1. The quantitative estimate of drug-likeness (QED) is 0.447. The summed E-state index contributed by atoms with van der Waals surface area (Å²) in [6.07, 6.45) is 0. The number of benzene rings is 2. The van der Waals surface area contributed by atoms with Gasteiger partial charge < -0.3 is 0 Å². The lowest BCUT2D eigenvalue weighted by Crippen LogP contribution is -2.06. The predicted molar refractivity (Wildman–Crippen MR) is 80.1 cm³/mol. The standard InChI is InChI=1S/C15H10N6O/c16-20-18-13-9-5-1-3-7-11(9)15(22)12-8-4-2-6-10(12)14(13)19-21-17/h1-8,13-14H/t13-,14?/m0/s1. The topological polar surface area (TPSA) is 115 Å². The van der Waals surface area contributed by atoms with Crippen LogP contribution in [0.3, 0.4) is 0 Å². The van der Waals surface area contributed by atoms with Crippen molar-refractivity contribution in [2.45, 2.75) is 12.1 Å². The molecule has 7 nitrogen and oxygen atoms in total. The summed E-state index contributed by atoms with van der Waals surface area (Å²) in [5, 5.41) is 7.56. The molecule has 1 aliphatic rings. The average Bonchev–Trinajstić information content (AvgIpc) is 2.66. The molecule has 0 saturated heterocycles. The first-order valence-electron chi connectivity index (χ1n) is 6.59. The molecular formula is C15H10N6O. The molecule has 2 aromatic rings. The Hall–Kier alpha value is -3.27. The van der Waals surface area contributed by atoms with Gasteiger partial charge in [0.1, 0.15) is 0 Å². The van der Waals surface area contributed by atoms with E-state index < -0.39 is 12.1 Å². The lowest BCUT2D eigenvalue weighted by atomic mass is 9.95. The van der Waals surface area contributed by atoms with Gasteiger partial charge in [0.15, 0.2) is 5.78 Å². The summed E-state index contributed by atoms with van der Waals surface area (Å²) < 4.78 is 0. The first-order chi connectivity index (χ1) is 10.8. The summed E-state index contributed by atoms with van der Waals surface area (Å²) in [7, 11) is 0. The molecule has 7 heteroatoms. The second-order valence-electron chi connectivity index (χ2n) is 4.80. The van der Waals surface area contributed by atoms with Crippen molar-refractivity contribution in [3.8, 4) is 0 Å². The zero-order chi connectivity index (χ0) is 15.5. The maximum atomic E-state index is 12.8. The molecule has 0 heterocycles. The fourth-order valence-electron chi connectivity index (χ4n) is 2.77. The lowest BCUT2D eigenvalue weighted by molar-refractivity contribution is 0.103. The first-order valence-corrected chi connectivity index (χ1v) is 6.59. The third kappa shape index (κ3) is 2.07. The number of hydrogen-bond acceptors (Lipinski definition) is 3. The molecule has 0 fully saturated rings. The van der Waals surface area contributed by atoms with Crippen LogP contribution in [-0.4, -0.2) is 5.78 Å². The van der Waals surface area contributed by atoms with Crippen LogP contribution in [0.5, 0.6) is 0 Å². The normalized spacial score (nSPS) is 19.0. The van der Waals surface area contributed by atoms with Crippen molar-refractivity contribution in [3.05, 3.63) is 91.7 Å². The summed E-state index contributed by atoms with van der Waals surface area (Å²) in [6, 6.07) is 12.3. The highest BCUT2D eigenvalue weighted by Gasteiger charge is 2.33. The highest BCUT2D eigenvalue weighted by Crippen LogP contribution is 2.42. The van der Waals surface area contributed by atoms with Crippen molar-refractivity contribution >= 4 is 5.78 Å². The van der Waals surface area contributed by atoms with Gasteiger partial charge in [-0.25, -0.2) is 0 Å². The smallest absolute Gasteiger partial charge is 0.193 e. The molecule has 0 N–H and O–H groups in total. The van der Waals surface area contributed by atoms with E-state index in [1.54, 1.807) is 48.5 Å². The van der Waals surface area contributed by atoms with Crippen molar-refractivity contribution in [1.82, 2.24) is 0 Å². The summed E-state index contributed by atoms with van der Waals surface area (Å²) in [6.45, 7) is 0. The second-order valence-corrected chi connectivity index (χ2v) is 4.80. The molecule has 0 radical (unpaired) electrons. The maximum Gasteiger partial charge on any atom is 0.193 e. The zero-order valence-corrected chi connectivity index (χ0v) is 11.4. The lowest BCUT2D eigenvalue weighted by Gasteiger charge is -2.19. The Balaban J connectivity index is 2.39. The molecule has 2 atom stereocenters. The molecule has 1 unspecified atom stereocenters. The van der Waals surface area contributed by atoms with Crippen LogP contribution < -0.4 is 0 Å². The minimum atomic E-state index is -0.760. The molecule has 106 valence electrons. The van der Waals surface area contributed by atoms with Crippen LogP contribution in [0, 0.1) is 0 Å². The Morgan fingerprint density at radius 2 is 1.18 bits per heavy atom. The zero-order valence-electron chi connectivity index (χ0n) is 11.4. The molecule has 0 bridgehead atoms. The van der Waals surface area contributed by atoms with E-state index in [1.807, 2.05) is 0 Å². The van der Waals surface area contributed by atoms with Crippen LogP contribution in [-0.2, 0) is 0 Å². The number of rotatable bonds is 2. The van der Waals surface area contributed by atoms with Gasteiger partial charge in [0.2, 0.25) is 0 Å². The third-order valence-corrected chi connectivity index (χ3v) is 3.70. The maximum absolute atomic E-state index is 12.8. The summed E-state index contributed by atoms with van der Waals surface area (Å²) >= 11 is 0. The van der Waals surface area contributed by atoms with Gasteiger partial charge in [0.25, 0.3) is 0 Å². The Labute approximate surface area is 125 Å². The van der Waals surface area contributed by atoms with E-state index in [-0.39, 0.29) is 5.78 Å². The molecule has 0 amide bonds. The van der Waals surface area contributed by atoms with Gasteiger partial charge in [-0.3, -0.25) is 4.79 Å². The Bertz CT molecular complexity index is 779. The van der Waals surface area contributed by atoms with Crippen molar-refractivity contribution in [2.75, 3.05) is 0 Å².